The summed E-state index contributed by atoms with van der Waals surface area (Å²) in [4.78, 5) is 12.5. The van der Waals surface area contributed by atoms with Gasteiger partial charge in [-0.15, -0.1) is 0 Å². The van der Waals surface area contributed by atoms with E-state index in [1.165, 1.54) is 13.2 Å². The zero-order chi connectivity index (χ0) is 22.2. The molecule has 0 fully saturated rings. The maximum Gasteiger partial charge on any atom is 0.349 e. The lowest BCUT2D eigenvalue weighted by molar-refractivity contribution is -0.145. The van der Waals surface area contributed by atoms with Gasteiger partial charge in [-0.2, -0.15) is 10.4 Å². The van der Waals surface area contributed by atoms with Gasteiger partial charge in [-0.1, -0.05) is 54.1 Å². The maximum absolute atomic E-state index is 12.5. The average Bonchev–Trinajstić information content (AvgIpc) is 3.15. The van der Waals surface area contributed by atoms with Crippen LogP contribution in [0.25, 0.3) is 17.3 Å². The fraction of sp³-hybridized carbons (Fsp3) is 0.240. The smallest absolute Gasteiger partial charge is 0.349 e. The number of aromatic nitrogens is 2. The number of benzene rings is 2. The highest BCUT2D eigenvalue weighted by molar-refractivity contribution is 5.98. The average molecular weight is 415 g/mol. The molecule has 0 aliphatic heterocycles. The summed E-state index contributed by atoms with van der Waals surface area (Å²) in [7, 11) is 1.53. The quantitative estimate of drug-likeness (QED) is 0.310. The fourth-order valence-electron chi connectivity index (χ4n) is 3.22. The predicted molar refractivity (Wildman–Crippen MR) is 119 cm³/mol. The van der Waals surface area contributed by atoms with Crippen molar-refractivity contribution in [2.45, 2.75) is 26.5 Å². The molecule has 0 spiro atoms. The van der Waals surface area contributed by atoms with Crippen LogP contribution in [0.2, 0.25) is 0 Å². The lowest BCUT2D eigenvalue weighted by Crippen LogP contribution is -2.20. The van der Waals surface area contributed by atoms with E-state index in [1.807, 2.05) is 78.5 Å². The van der Waals surface area contributed by atoms with E-state index in [1.54, 1.807) is 6.92 Å². The molecule has 3 rings (SSSR count). The number of ether oxygens (including phenoxy) is 2. The van der Waals surface area contributed by atoms with Gasteiger partial charge < -0.3 is 9.47 Å². The van der Waals surface area contributed by atoms with Gasteiger partial charge in [0, 0.05) is 24.4 Å². The number of carbonyl (C=O) groups excluding carboxylic acids is 1. The van der Waals surface area contributed by atoms with E-state index in [4.69, 9.17) is 14.6 Å². The monoisotopic (exact) mass is 415 g/mol. The first-order valence-corrected chi connectivity index (χ1v) is 10.00. The molecule has 2 aromatic carbocycles. The molecule has 0 unspecified atom stereocenters. The molecule has 0 aliphatic carbocycles. The van der Waals surface area contributed by atoms with E-state index in [2.05, 4.69) is 0 Å². The Hall–Kier alpha value is -3.69. The molecule has 31 heavy (non-hydrogen) atoms. The summed E-state index contributed by atoms with van der Waals surface area (Å²) in [5.74, 6) is -0.682. The van der Waals surface area contributed by atoms with Crippen LogP contribution in [0.5, 0.6) is 0 Å². The first-order valence-electron chi connectivity index (χ1n) is 10.00. The van der Waals surface area contributed by atoms with Gasteiger partial charge in [0.15, 0.2) is 0 Å². The van der Waals surface area contributed by atoms with Crippen molar-refractivity contribution in [3.63, 3.8) is 0 Å². The minimum Gasteiger partial charge on any atom is -0.456 e. The van der Waals surface area contributed by atoms with E-state index in [0.29, 0.717) is 17.8 Å². The highest BCUT2D eigenvalue weighted by Gasteiger charge is 2.18. The Bertz CT molecular complexity index is 1110. The molecule has 1 heterocycles. The van der Waals surface area contributed by atoms with Crippen molar-refractivity contribution in [2.24, 2.45) is 0 Å². The van der Waals surface area contributed by atoms with E-state index in [-0.39, 0.29) is 12.2 Å². The number of hydrogen-bond donors (Lipinski definition) is 0. The summed E-state index contributed by atoms with van der Waals surface area (Å²) in [6.45, 7) is 4.56. The fourth-order valence-corrected chi connectivity index (χ4v) is 3.22. The van der Waals surface area contributed by atoms with Crippen LogP contribution in [0, 0.1) is 18.3 Å². The number of nitriles is 1. The van der Waals surface area contributed by atoms with Gasteiger partial charge in [0.25, 0.3) is 0 Å². The summed E-state index contributed by atoms with van der Waals surface area (Å²) < 4.78 is 12.1. The molecule has 0 radical (unpaired) electrons. The Morgan fingerprint density at radius 2 is 2.00 bits per heavy atom. The molecule has 6 nitrogen and oxygen atoms in total. The first kappa shape index (κ1) is 22.0. The summed E-state index contributed by atoms with van der Waals surface area (Å²) in [5, 5.41) is 14.3. The zero-order valence-corrected chi connectivity index (χ0v) is 17.9. The molecule has 0 amide bonds. The Morgan fingerprint density at radius 1 is 1.23 bits per heavy atom. The molecule has 0 aliphatic rings. The van der Waals surface area contributed by atoms with Gasteiger partial charge in [-0.3, -0.25) is 4.68 Å². The second-order valence-corrected chi connectivity index (χ2v) is 7.33. The molecule has 0 saturated heterocycles. The second-order valence-electron chi connectivity index (χ2n) is 7.33. The van der Waals surface area contributed by atoms with Crippen molar-refractivity contribution in [1.29, 1.82) is 5.26 Å². The van der Waals surface area contributed by atoms with Gasteiger partial charge in [0.05, 0.1) is 18.8 Å². The molecular weight excluding hydrogens is 390 g/mol. The van der Waals surface area contributed by atoms with Crippen molar-refractivity contribution in [3.8, 4) is 17.3 Å². The van der Waals surface area contributed by atoms with Crippen molar-refractivity contribution in [3.05, 3.63) is 83.1 Å². The minimum absolute atomic E-state index is 0.0869. The number of rotatable bonds is 8. The standard InChI is InChI=1S/C25H25N3O3/c1-18-8-7-11-21(12-18)24-23(13-22(14-26)25(29)31-19(2)17-30-3)16-28(27-24)15-20-9-5-4-6-10-20/h4-13,16,19H,15,17H2,1-3H3/b22-13+/t19-/m1/s1. The second kappa shape index (κ2) is 10.4. The third kappa shape index (κ3) is 5.91. The molecule has 158 valence electrons. The Balaban J connectivity index is 1.99. The number of nitrogens with zero attached hydrogens (tertiary/aromatic N) is 3. The largest absolute Gasteiger partial charge is 0.456 e. The number of methoxy groups -OCH3 is 1. The topological polar surface area (TPSA) is 77.1 Å². The lowest BCUT2D eigenvalue weighted by Gasteiger charge is -2.11. The van der Waals surface area contributed by atoms with Crippen LogP contribution in [0.1, 0.15) is 23.6 Å². The van der Waals surface area contributed by atoms with E-state index >= 15 is 0 Å². The first-order chi connectivity index (χ1) is 15.0. The molecular formula is C25H25N3O3. The summed E-state index contributed by atoms with van der Waals surface area (Å²) in [6.07, 6.45) is 2.92. The van der Waals surface area contributed by atoms with Crippen LogP contribution < -0.4 is 0 Å². The number of aryl methyl sites for hydroxylation is 1. The Morgan fingerprint density at radius 3 is 2.68 bits per heavy atom. The summed E-state index contributed by atoms with van der Waals surface area (Å²) in [6, 6.07) is 19.9. The van der Waals surface area contributed by atoms with Gasteiger partial charge >= 0.3 is 5.97 Å². The SMILES string of the molecule is COC[C@@H](C)OC(=O)/C(C#N)=C/c1cn(Cc2ccccc2)nc1-c1cccc(C)c1. The van der Waals surface area contributed by atoms with E-state index < -0.39 is 12.1 Å². The number of hydrogen-bond acceptors (Lipinski definition) is 5. The minimum atomic E-state index is -0.682. The third-order valence-electron chi connectivity index (χ3n) is 4.62. The molecule has 1 aromatic heterocycles. The highest BCUT2D eigenvalue weighted by atomic mass is 16.6. The van der Waals surface area contributed by atoms with Crippen LogP contribution in [-0.2, 0) is 20.8 Å². The van der Waals surface area contributed by atoms with E-state index in [9.17, 15) is 10.1 Å². The molecule has 6 heteroatoms. The van der Waals surface area contributed by atoms with Crippen molar-refractivity contribution in [2.75, 3.05) is 13.7 Å². The molecule has 3 aromatic rings. The van der Waals surface area contributed by atoms with Gasteiger partial charge in [-0.25, -0.2) is 4.79 Å². The molecule has 1 atom stereocenters. The van der Waals surface area contributed by atoms with Gasteiger partial charge in [0.1, 0.15) is 17.7 Å². The van der Waals surface area contributed by atoms with Gasteiger partial charge in [-0.05, 0) is 31.6 Å². The lowest BCUT2D eigenvalue weighted by atomic mass is 10.0. The molecule has 0 saturated carbocycles. The van der Waals surface area contributed by atoms with Gasteiger partial charge in [0.2, 0.25) is 0 Å². The summed E-state index contributed by atoms with van der Waals surface area (Å²) >= 11 is 0. The van der Waals surface area contributed by atoms with Crippen molar-refractivity contribution in [1.82, 2.24) is 9.78 Å². The van der Waals surface area contributed by atoms with Crippen molar-refractivity contribution < 1.29 is 14.3 Å². The van der Waals surface area contributed by atoms with Crippen LogP contribution >= 0.6 is 0 Å². The molecule has 0 bridgehead atoms. The molecule has 0 N–H and O–H groups in total. The van der Waals surface area contributed by atoms with Crippen LogP contribution in [0.3, 0.4) is 0 Å². The van der Waals surface area contributed by atoms with Crippen LogP contribution in [-0.4, -0.2) is 35.6 Å². The normalized spacial score (nSPS) is 12.3. The summed E-state index contributed by atoms with van der Waals surface area (Å²) in [5.41, 5.74) is 4.40. The van der Waals surface area contributed by atoms with Crippen molar-refractivity contribution >= 4 is 12.0 Å². The Labute approximate surface area is 182 Å². The van der Waals surface area contributed by atoms with E-state index in [0.717, 1.165) is 16.7 Å². The number of esters is 1. The number of carbonyl (C=O) groups is 1. The van der Waals surface area contributed by atoms with Crippen LogP contribution in [0.4, 0.5) is 0 Å². The van der Waals surface area contributed by atoms with Crippen LogP contribution in [0.15, 0.2) is 66.4 Å². The highest BCUT2D eigenvalue weighted by Crippen LogP contribution is 2.26. The Kier molecular flexibility index (Phi) is 7.36. The third-order valence-corrected chi connectivity index (χ3v) is 4.62. The predicted octanol–water partition coefficient (Wildman–Crippen LogP) is 4.39. The maximum atomic E-state index is 12.5. The zero-order valence-electron chi connectivity index (χ0n) is 17.9.